The Morgan fingerprint density at radius 3 is 2.25 bits per heavy atom. The van der Waals surface area contributed by atoms with E-state index in [9.17, 15) is 19.2 Å². The number of amides is 2. The largest absolute Gasteiger partial charge is 0.426 e. The zero-order valence-corrected chi connectivity index (χ0v) is 15.5. The number of rotatable bonds is 5. The summed E-state index contributed by atoms with van der Waals surface area (Å²) in [6.45, 7) is 1.43. The van der Waals surface area contributed by atoms with E-state index in [0.29, 0.717) is 17.4 Å². The molecule has 6 heteroatoms. The number of hydrogen-bond donors (Lipinski definition) is 0. The number of likely N-dealkylation sites (tertiary alicyclic amines) is 1. The van der Waals surface area contributed by atoms with Crippen LogP contribution in [-0.4, -0.2) is 35.0 Å². The van der Waals surface area contributed by atoms with Gasteiger partial charge in [-0.2, -0.15) is 0 Å². The Bertz CT molecular complexity index is 899. The van der Waals surface area contributed by atoms with Crippen LogP contribution >= 0.6 is 0 Å². The van der Waals surface area contributed by atoms with Crippen LogP contribution < -0.4 is 4.74 Å². The van der Waals surface area contributed by atoms with Crippen LogP contribution in [0.5, 0.6) is 5.75 Å². The van der Waals surface area contributed by atoms with Gasteiger partial charge in [-0.25, -0.2) is 0 Å². The molecule has 2 bridgehead atoms. The standard InChI is InChI=1S/C22H21NO5/c1-11(24)12-4-2-3-5-17(12)28-18(25)8-9-23-21(26)19-13-6-7-14(16-10-15(13)16)20(19)22(23)27/h2-7,13-16,19-20H,8-10H2,1H3/t13-,14-,15-,16+,19+,20+/m0/s1. The fourth-order valence-corrected chi connectivity index (χ4v) is 5.46. The molecule has 1 heterocycles. The Balaban J connectivity index is 1.26. The summed E-state index contributed by atoms with van der Waals surface area (Å²) in [6.07, 6.45) is 5.29. The Labute approximate surface area is 162 Å². The highest BCUT2D eigenvalue weighted by Crippen LogP contribution is 2.65. The molecule has 0 spiro atoms. The predicted molar refractivity (Wildman–Crippen MR) is 98.1 cm³/mol. The molecule has 144 valence electrons. The number of ketones is 1. The average molecular weight is 379 g/mol. The van der Waals surface area contributed by atoms with Crippen molar-refractivity contribution in [3.63, 3.8) is 0 Å². The quantitative estimate of drug-likeness (QED) is 0.258. The predicted octanol–water partition coefficient (Wildman–Crippen LogP) is 2.24. The Morgan fingerprint density at radius 2 is 1.64 bits per heavy atom. The maximum atomic E-state index is 12.9. The first kappa shape index (κ1) is 17.3. The van der Waals surface area contributed by atoms with Crippen molar-refractivity contribution in [1.82, 2.24) is 4.90 Å². The molecule has 3 fully saturated rings. The van der Waals surface area contributed by atoms with E-state index >= 15 is 0 Å². The zero-order valence-electron chi connectivity index (χ0n) is 15.5. The lowest BCUT2D eigenvalue weighted by atomic mass is 9.63. The molecule has 0 aromatic heterocycles. The molecule has 2 amide bonds. The Morgan fingerprint density at radius 1 is 1.04 bits per heavy atom. The van der Waals surface area contributed by atoms with Crippen molar-refractivity contribution in [3.05, 3.63) is 42.0 Å². The van der Waals surface area contributed by atoms with Crippen LogP contribution in [0.2, 0.25) is 0 Å². The molecule has 4 aliphatic carbocycles. The topological polar surface area (TPSA) is 80.8 Å². The molecule has 1 aromatic carbocycles. The van der Waals surface area contributed by atoms with Gasteiger partial charge in [-0.3, -0.25) is 24.1 Å². The van der Waals surface area contributed by atoms with Crippen LogP contribution in [0.3, 0.4) is 0 Å². The summed E-state index contributed by atoms with van der Waals surface area (Å²) >= 11 is 0. The molecule has 5 aliphatic rings. The van der Waals surface area contributed by atoms with E-state index in [2.05, 4.69) is 12.2 Å². The first-order valence-corrected chi connectivity index (χ1v) is 9.81. The molecule has 0 radical (unpaired) electrons. The van der Waals surface area contributed by atoms with Crippen LogP contribution in [0.1, 0.15) is 30.1 Å². The minimum Gasteiger partial charge on any atom is -0.426 e. The van der Waals surface area contributed by atoms with Crippen molar-refractivity contribution in [3.8, 4) is 5.75 Å². The fraction of sp³-hybridized carbons (Fsp3) is 0.455. The van der Waals surface area contributed by atoms with Gasteiger partial charge in [0.2, 0.25) is 11.8 Å². The lowest BCUT2D eigenvalue weighted by Crippen LogP contribution is -2.40. The zero-order chi connectivity index (χ0) is 19.6. The summed E-state index contributed by atoms with van der Waals surface area (Å²) in [4.78, 5) is 51.0. The summed E-state index contributed by atoms with van der Waals surface area (Å²) in [6, 6.07) is 6.54. The molecule has 0 unspecified atom stereocenters. The van der Waals surface area contributed by atoms with E-state index in [-0.39, 0.29) is 60.0 Å². The van der Waals surface area contributed by atoms with Gasteiger partial charge >= 0.3 is 5.97 Å². The number of Topliss-reactive ketones (excluding diaryl/α,β-unsaturated/α-hetero) is 1. The fourth-order valence-electron chi connectivity index (χ4n) is 5.46. The molecular formula is C22H21NO5. The monoisotopic (exact) mass is 379 g/mol. The second-order valence-corrected chi connectivity index (χ2v) is 8.26. The molecule has 6 rings (SSSR count). The molecular weight excluding hydrogens is 358 g/mol. The van der Waals surface area contributed by atoms with E-state index in [1.54, 1.807) is 24.3 Å². The SMILES string of the molecule is CC(=O)c1ccccc1OC(=O)CCN1C(=O)[C@@H]2[C@H]3C=C[C@@H]([C@@H]4C[C@H]34)[C@H]2C1=O. The third-order valence-corrected chi connectivity index (χ3v) is 6.78. The number of nitrogens with zero attached hydrogens (tertiary/aromatic N) is 1. The highest BCUT2D eigenvalue weighted by atomic mass is 16.5. The van der Waals surface area contributed by atoms with Crippen molar-refractivity contribution < 1.29 is 23.9 Å². The van der Waals surface area contributed by atoms with Gasteiger partial charge in [-0.05, 0) is 49.1 Å². The lowest BCUT2D eigenvalue weighted by Gasteiger charge is -2.37. The van der Waals surface area contributed by atoms with Crippen molar-refractivity contribution in [2.24, 2.45) is 35.5 Å². The first-order chi connectivity index (χ1) is 13.5. The van der Waals surface area contributed by atoms with Gasteiger partial charge in [0.15, 0.2) is 5.78 Å². The Kier molecular flexibility index (Phi) is 3.79. The molecule has 6 nitrogen and oxygen atoms in total. The van der Waals surface area contributed by atoms with E-state index < -0.39 is 5.97 Å². The average Bonchev–Trinajstić information content (AvgIpc) is 3.46. The van der Waals surface area contributed by atoms with Crippen LogP contribution in [0.25, 0.3) is 0 Å². The molecule has 0 N–H and O–H groups in total. The number of carbonyl (C=O) groups is 4. The van der Waals surface area contributed by atoms with Gasteiger partial charge in [0, 0.05) is 6.54 Å². The molecule has 1 aliphatic heterocycles. The van der Waals surface area contributed by atoms with Crippen molar-refractivity contribution in [1.29, 1.82) is 0 Å². The molecule has 28 heavy (non-hydrogen) atoms. The van der Waals surface area contributed by atoms with Crippen molar-refractivity contribution in [2.45, 2.75) is 19.8 Å². The highest BCUT2D eigenvalue weighted by Gasteiger charge is 2.66. The maximum Gasteiger partial charge on any atom is 0.313 e. The summed E-state index contributed by atoms with van der Waals surface area (Å²) in [5, 5.41) is 0. The number of benzene rings is 1. The van der Waals surface area contributed by atoms with Crippen LogP contribution in [0.4, 0.5) is 0 Å². The third kappa shape index (κ3) is 2.47. The lowest BCUT2D eigenvalue weighted by molar-refractivity contribution is -0.141. The van der Waals surface area contributed by atoms with Gasteiger partial charge in [0.1, 0.15) is 5.75 Å². The summed E-state index contributed by atoms with van der Waals surface area (Å²) in [5.74, 6) is 0.130. The maximum absolute atomic E-state index is 12.9. The number of allylic oxidation sites excluding steroid dienone is 2. The number of carbonyl (C=O) groups excluding carboxylic acids is 4. The van der Waals surface area contributed by atoms with E-state index in [1.807, 2.05) is 0 Å². The minimum absolute atomic E-state index is 0.0283. The number of para-hydroxylation sites is 1. The molecule has 1 saturated heterocycles. The highest BCUT2D eigenvalue weighted by molar-refractivity contribution is 6.06. The van der Waals surface area contributed by atoms with Crippen LogP contribution in [0.15, 0.2) is 36.4 Å². The van der Waals surface area contributed by atoms with Gasteiger partial charge in [0.25, 0.3) is 0 Å². The van der Waals surface area contributed by atoms with Gasteiger partial charge in [-0.1, -0.05) is 24.3 Å². The van der Waals surface area contributed by atoms with Crippen molar-refractivity contribution in [2.75, 3.05) is 6.54 Å². The number of hydrogen-bond acceptors (Lipinski definition) is 5. The number of imide groups is 1. The second kappa shape index (κ2) is 6.12. The molecule has 6 atom stereocenters. The van der Waals surface area contributed by atoms with E-state index in [4.69, 9.17) is 4.74 Å². The minimum atomic E-state index is -0.562. The summed E-state index contributed by atoms with van der Waals surface area (Å²) in [5.41, 5.74) is 0.331. The smallest absolute Gasteiger partial charge is 0.313 e. The van der Waals surface area contributed by atoms with Crippen molar-refractivity contribution >= 4 is 23.6 Å². The summed E-state index contributed by atoms with van der Waals surface area (Å²) < 4.78 is 5.31. The van der Waals surface area contributed by atoms with E-state index in [1.165, 1.54) is 11.8 Å². The number of ether oxygens (including phenoxy) is 1. The third-order valence-electron chi connectivity index (χ3n) is 6.78. The number of esters is 1. The molecule has 2 saturated carbocycles. The second-order valence-electron chi connectivity index (χ2n) is 8.26. The first-order valence-electron chi connectivity index (χ1n) is 9.81. The Hall–Kier alpha value is -2.76. The normalized spacial score (nSPS) is 34.2. The van der Waals surface area contributed by atoms with Gasteiger partial charge in [-0.15, -0.1) is 0 Å². The summed E-state index contributed by atoms with van der Waals surface area (Å²) in [7, 11) is 0. The van der Waals surface area contributed by atoms with Crippen LogP contribution in [0, 0.1) is 35.5 Å². The van der Waals surface area contributed by atoms with Crippen LogP contribution in [-0.2, 0) is 14.4 Å². The van der Waals surface area contributed by atoms with Gasteiger partial charge in [0.05, 0.1) is 23.8 Å². The van der Waals surface area contributed by atoms with Gasteiger partial charge < -0.3 is 4.74 Å². The van der Waals surface area contributed by atoms with E-state index in [0.717, 1.165) is 6.42 Å². The molecule has 1 aromatic rings.